The van der Waals surface area contributed by atoms with Crippen LogP contribution in [-0.2, 0) is 14.9 Å². The van der Waals surface area contributed by atoms with Crippen LogP contribution in [-0.4, -0.2) is 39.8 Å². The summed E-state index contributed by atoms with van der Waals surface area (Å²) in [6, 6.07) is 11.4. The number of hydrogen-bond donors (Lipinski definition) is 2. The van der Waals surface area contributed by atoms with Crippen LogP contribution in [0, 0.1) is 0 Å². The quantitative estimate of drug-likeness (QED) is 0.725. The third kappa shape index (κ3) is 2.77. The second-order valence-corrected chi connectivity index (χ2v) is 7.64. The SMILES string of the molecule is CC1(C)C(=O)Nc2cc(Nc3nc4cccc(O[C@H]5CCOC5)n4n3)ccc21. The average molecular weight is 379 g/mol. The van der Waals surface area contributed by atoms with Crippen LogP contribution in [0.2, 0.25) is 0 Å². The first-order valence-corrected chi connectivity index (χ1v) is 9.34. The van der Waals surface area contributed by atoms with Crippen LogP contribution in [0.3, 0.4) is 0 Å². The molecule has 5 rings (SSSR count). The van der Waals surface area contributed by atoms with E-state index in [1.807, 2.05) is 50.2 Å². The summed E-state index contributed by atoms with van der Waals surface area (Å²) in [7, 11) is 0. The summed E-state index contributed by atoms with van der Waals surface area (Å²) < 4.78 is 13.1. The van der Waals surface area contributed by atoms with Crippen molar-refractivity contribution in [3.63, 3.8) is 0 Å². The molecule has 2 aliphatic rings. The van der Waals surface area contributed by atoms with Crippen molar-refractivity contribution in [2.45, 2.75) is 31.8 Å². The lowest BCUT2D eigenvalue weighted by molar-refractivity contribution is -0.119. The van der Waals surface area contributed by atoms with Gasteiger partial charge in [-0.3, -0.25) is 4.79 Å². The molecule has 4 heterocycles. The summed E-state index contributed by atoms with van der Waals surface area (Å²) in [5, 5.41) is 10.7. The Bertz CT molecular complexity index is 1070. The number of nitrogens with one attached hydrogen (secondary N) is 2. The van der Waals surface area contributed by atoms with E-state index < -0.39 is 5.41 Å². The minimum absolute atomic E-state index is 0.00295. The highest BCUT2D eigenvalue weighted by molar-refractivity contribution is 6.06. The zero-order valence-electron chi connectivity index (χ0n) is 15.7. The van der Waals surface area contributed by atoms with E-state index in [4.69, 9.17) is 9.47 Å². The Morgan fingerprint density at radius 1 is 1.32 bits per heavy atom. The van der Waals surface area contributed by atoms with Crippen molar-refractivity contribution in [1.29, 1.82) is 0 Å². The Balaban J connectivity index is 1.42. The van der Waals surface area contributed by atoms with Gasteiger partial charge in [0.2, 0.25) is 17.7 Å². The molecule has 8 heteroatoms. The second-order valence-electron chi connectivity index (χ2n) is 7.64. The van der Waals surface area contributed by atoms with Crippen molar-refractivity contribution in [1.82, 2.24) is 14.6 Å². The minimum Gasteiger partial charge on any atom is -0.472 e. The van der Waals surface area contributed by atoms with E-state index in [0.717, 1.165) is 30.0 Å². The Morgan fingerprint density at radius 3 is 3.04 bits per heavy atom. The highest BCUT2D eigenvalue weighted by Crippen LogP contribution is 2.38. The normalized spacial score (nSPS) is 20.2. The Hall–Kier alpha value is -3.13. The van der Waals surface area contributed by atoms with Crippen LogP contribution >= 0.6 is 0 Å². The largest absolute Gasteiger partial charge is 0.472 e. The van der Waals surface area contributed by atoms with Gasteiger partial charge < -0.3 is 20.1 Å². The summed E-state index contributed by atoms with van der Waals surface area (Å²) in [6.45, 7) is 5.15. The number of hydrogen-bond acceptors (Lipinski definition) is 6. The number of amides is 1. The fourth-order valence-electron chi connectivity index (χ4n) is 3.60. The van der Waals surface area contributed by atoms with Crippen molar-refractivity contribution in [2.24, 2.45) is 0 Å². The zero-order chi connectivity index (χ0) is 19.3. The van der Waals surface area contributed by atoms with E-state index in [0.29, 0.717) is 24.1 Å². The van der Waals surface area contributed by atoms with Gasteiger partial charge in [0.1, 0.15) is 6.10 Å². The van der Waals surface area contributed by atoms with Crippen molar-refractivity contribution >= 4 is 28.9 Å². The van der Waals surface area contributed by atoms with Crippen LogP contribution < -0.4 is 15.4 Å². The van der Waals surface area contributed by atoms with E-state index >= 15 is 0 Å². The molecule has 1 amide bonds. The van der Waals surface area contributed by atoms with Gasteiger partial charge in [-0.15, -0.1) is 5.10 Å². The van der Waals surface area contributed by atoms with Crippen LogP contribution in [0.4, 0.5) is 17.3 Å². The van der Waals surface area contributed by atoms with Gasteiger partial charge in [-0.2, -0.15) is 9.50 Å². The molecule has 0 bridgehead atoms. The lowest BCUT2D eigenvalue weighted by Gasteiger charge is -2.15. The first-order valence-electron chi connectivity index (χ1n) is 9.34. The number of carbonyl (C=O) groups is 1. The van der Waals surface area contributed by atoms with Crippen molar-refractivity contribution in [2.75, 3.05) is 23.8 Å². The fraction of sp³-hybridized carbons (Fsp3) is 0.350. The van der Waals surface area contributed by atoms with Crippen LogP contribution in [0.15, 0.2) is 36.4 Å². The number of pyridine rings is 1. The van der Waals surface area contributed by atoms with E-state index in [9.17, 15) is 4.79 Å². The number of anilines is 3. The molecule has 3 aromatic rings. The maximum Gasteiger partial charge on any atom is 0.247 e. The van der Waals surface area contributed by atoms with E-state index in [2.05, 4.69) is 20.7 Å². The predicted molar refractivity (Wildman–Crippen MR) is 104 cm³/mol. The van der Waals surface area contributed by atoms with Gasteiger partial charge in [0, 0.05) is 23.9 Å². The molecule has 144 valence electrons. The monoisotopic (exact) mass is 379 g/mol. The van der Waals surface area contributed by atoms with E-state index in [-0.39, 0.29) is 12.0 Å². The molecular formula is C20H21N5O3. The molecule has 1 atom stereocenters. The summed E-state index contributed by atoms with van der Waals surface area (Å²) in [6.07, 6.45) is 0.905. The van der Waals surface area contributed by atoms with E-state index in [1.54, 1.807) is 4.52 Å². The lowest BCUT2D eigenvalue weighted by atomic mass is 9.86. The molecule has 1 saturated heterocycles. The molecule has 0 unspecified atom stereocenters. The third-order valence-electron chi connectivity index (χ3n) is 5.27. The number of rotatable bonds is 4. The number of benzene rings is 1. The lowest BCUT2D eigenvalue weighted by Crippen LogP contribution is -2.26. The summed E-state index contributed by atoms with van der Waals surface area (Å²) >= 11 is 0. The van der Waals surface area contributed by atoms with Crippen LogP contribution in [0.5, 0.6) is 5.88 Å². The van der Waals surface area contributed by atoms with Gasteiger partial charge in [0.05, 0.1) is 18.6 Å². The topological polar surface area (TPSA) is 89.8 Å². The summed E-state index contributed by atoms with van der Waals surface area (Å²) in [5.41, 5.74) is 2.77. The van der Waals surface area contributed by atoms with Crippen molar-refractivity contribution in [3.8, 4) is 5.88 Å². The molecule has 0 spiro atoms. The van der Waals surface area contributed by atoms with Crippen LogP contribution in [0.25, 0.3) is 5.65 Å². The molecule has 28 heavy (non-hydrogen) atoms. The van der Waals surface area contributed by atoms with Crippen LogP contribution in [0.1, 0.15) is 25.8 Å². The fourth-order valence-corrected chi connectivity index (χ4v) is 3.60. The Morgan fingerprint density at radius 2 is 2.21 bits per heavy atom. The van der Waals surface area contributed by atoms with Gasteiger partial charge in [0.25, 0.3) is 0 Å². The number of fused-ring (bicyclic) bond motifs is 2. The van der Waals surface area contributed by atoms with Gasteiger partial charge in [0.15, 0.2) is 5.65 Å². The molecule has 0 aliphatic carbocycles. The van der Waals surface area contributed by atoms with Crippen molar-refractivity contribution in [3.05, 3.63) is 42.0 Å². The molecule has 1 aromatic carbocycles. The first kappa shape index (κ1) is 17.0. The number of ether oxygens (including phenoxy) is 2. The number of aromatic nitrogens is 3. The van der Waals surface area contributed by atoms with Crippen molar-refractivity contribution < 1.29 is 14.3 Å². The second kappa shape index (κ2) is 6.20. The highest BCUT2D eigenvalue weighted by Gasteiger charge is 2.38. The van der Waals surface area contributed by atoms with Gasteiger partial charge in [-0.1, -0.05) is 12.1 Å². The van der Waals surface area contributed by atoms with Gasteiger partial charge in [-0.05, 0) is 37.6 Å². The zero-order valence-corrected chi connectivity index (χ0v) is 15.7. The number of nitrogens with zero attached hydrogens (tertiary/aromatic N) is 3. The van der Waals surface area contributed by atoms with Gasteiger partial charge in [-0.25, -0.2) is 0 Å². The maximum absolute atomic E-state index is 12.1. The summed E-state index contributed by atoms with van der Waals surface area (Å²) in [5.74, 6) is 1.10. The average Bonchev–Trinajstić information content (AvgIpc) is 3.35. The molecular weight excluding hydrogens is 358 g/mol. The van der Waals surface area contributed by atoms with Gasteiger partial charge >= 0.3 is 0 Å². The smallest absolute Gasteiger partial charge is 0.247 e. The maximum atomic E-state index is 12.1. The Kier molecular flexibility index (Phi) is 3.77. The highest BCUT2D eigenvalue weighted by atomic mass is 16.5. The minimum atomic E-state index is -0.522. The molecule has 2 N–H and O–H groups in total. The first-order chi connectivity index (χ1) is 13.5. The molecule has 1 fully saturated rings. The Labute approximate surface area is 161 Å². The molecule has 2 aliphatic heterocycles. The van der Waals surface area contributed by atoms with E-state index in [1.165, 1.54) is 0 Å². The summed E-state index contributed by atoms with van der Waals surface area (Å²) in [4.78, 5) is 16.7. The number of carbonyl (C=O) groups excluding carboxylic acids is 1. The molecule has 0 radical (unpaired) electrons. The molecule has 0 saturated carbocycles. The molecule has 8 nitrogen and oxygen atoms in total. The third-order valence-corrected chi connectivity index (χ3v) is 5.27. The standard InChI is InChI=1S/C20H21N5O3/c1-20(2)14-7-6-12(10-15(14)22-18(20)26)21-19-23-16-4-3-5-17(25(16)24-19)28-13-8-9-27-11-13/h3-7,10,13H,8-9,11H2,1-2H3,(H,21,24)(H,22,26)/t13-/m0/s1. The predicted octanol–water partition coefficient (Wildman–Crippen LogP) is 2.87. The molecule has 2 aromatic heterocycles.